The zero-order valence-corrected chi connectivity index (χ0v) is 42.5. The summed E-state index contributed by atoms with van der Waals surface area (Å²) < 4.78 is 16.7. The third-order valence-corrected chi connectivity index (χ3v) is 11.4. The van der Waals surface area contributed by atoms with Crippen LogP contribution in [0.25, 0.3) is 0 Å². The van der Waals surface area contributed by atoms with Crippen molar-refractivity contribution in [2.75, 3.05) is 13.2 Å². The standard InChI is InChI=1S/C59H100O6/c1-4-7-10-13-16-19-22-25-27-28-29-30-32-34-37-40-43-46-49-52-58(61)64-55-56(54-63-57(60)51-48-45-42-39-36-33-24-21-18-15-12-9-6-3)65-59(62)53-50-47-44-41-38-35-31-26-23-20-17-14-11-8-5-2/h9,12,16,18-19,21,25-27,31,33,36,42,45,56H,4-8,10-11,13-15,17,20,22-24,28-30,32,34-35,37-41,43-44,46-55H2,1-3H3/b12-9-,19-16-,21-18-,27-25-,31-26-,36-33-,45-42-. The zero-order chi connectivity index (χ0) is 47.2. The molecule has 6 heteroatoms. The molecule has 372 valence electrons. The van der Waals surface area contributed by atoms with E-state index in [1.165, 1.54) is 122 Å². The summed E-state index contributed by atoms with van der Waals surface area (Å²) in [5, 5.41) is 0. The van der Waals surface area contributed by atoms with Crippen LogP contribution in [-0.2, 0) is 28.6 Å². The molecule has 0 bridgehead atoms. The molecular formula is C59H100O6. The van der Waals surface area contributed by atoms with Gasteiger partial charge in [0.05, 0.1) is 0 Å². The Morgan fingerprint density at radius 3 is 1.08 bits per heavy atom. The molecule has 0 aliphatic rings. The summed E-state index contributed by atoms with van der Waals surface area (Å²) in [6.45, 7) is 6.42. The fourth-order valence-corrected chi connectivity index (χ4v) is 7.30. The lowest BCUT2D eigenvalue weighted by molar-refractivity contribution is -0.166. The second-order valence-corrected chi connectivity index (χ2v) is 17.7. The molecule has 0 heterocycles. The molecule has 0 amide bonds. The van der Waals surface area contributed by atoms with Gasteiger partial charge in [-0.3, -0.25) is 14.4 Å². The number of carbonyl (C=O) groups is 3. The molecule has 0 fully saturated rings. The molecule has 0 aromatic rings. The van der Waals surface area contributed by atoms with E-state index in [4.69, 9.17) is 14.2 Å². The van der Waals surface area contributed by atoms with E-state index in [9.17, 15) is 14.4 Å². The number of allylic oxidation sites excluding steroid dienone is 14. The van der Waals surface area contributed by atoms with Crippen molar-refractivity contribution in [1.29, 1.82) is 0 Å². The van der Waals surface area contributed by atoms with E-state index in [0.29, 0.717) is 19.3 Å². The monoisotopic (exact) mass is 905 g/mol. The Morgan fingerprint density at radius 1 is 0.323 bits per heavy atom. The summed E-state index contributed by atoms with van der Waals surface area (Å²) in [4.78, 5) is 38.0. The minimum absolute atomic E-state index is 0.104. The minimum Gasteiger partial charge on any atom is -0.462 e. The molecule has 0 aromatic heterocycles. The molecule has 6 nitrogen and oxygen atoms in total. The van der Waals surface area contributed by atoms with E-state index in [1.807, 2.05) is 12.2 Å². The number of esters is 3. The fourth-order valence-electron chi connectivity index (χ4n) is 7.30. The van der Waals surface area contributed by atoms with Crippen LogP contribution in [0.2, 0.25) is 0 Å². The van der Waals surface area contributed by atoms with Crippen LogP contribution in [0.4, 0.5) is 0 Å². The van der Waals surface area contributed by atoms with Gasteiger partial charge in [0.15, 0.2) is 6.10 Å². The van der Waals surface area contributed by atoms with Crippen molar-refractivity contribution in [3.8, 4) is 0 Å². The van der Waals surface area contributed by atoms with Crippen LogP contribution in [0.15, 0.2) is 85.1 Å². The third kappa shape index (κ3) is 51.4. The summed E-state index contributed by atoms with van der Waals surface area (Å²) in [7, 11) is 0. The van der Waals surface area contributed by atoms with Gasteiger partial charge < -0.3 is 14.2 Å². The largest absolute Gasteiger partial charge is 0.462 e. The van der Waals surface area contributed by atoms with Gasteiger partial charge in [-0.25, -0.2) is 0 Å². The normalized spacial score (nSPS) is 12.7. The molecular weight excluding hydrogens is 805 g/mol. The number of unbranched alkanes of at least 4 members (excludes halogenated alkanes) is 23. The van der Waals surface area contributed by atoms with Crippen LogP contribution < -0.4 is 0 Å². The van der Waals surface area contributed by atoms with Crippen LogP contribution in [-0.4, -0.2) is 37.2 Å². The van der Waals surface area contributed by atoms with Gasteiger partial charge in [-0.05, 0) is 103 Å². The van der Waals surface area contributed by atoms with Gasteiger partial charge in [-0.1, -0.05) is 215 Å². The van der Waals surface area contributed by atoms with Crippen LogP contribution in [0.3, 0.4) is 0 Å². The van der Waals surface area contributed by atoms with Crippen LogP contribution in [0, 0.1) is 0 Å². The Kier molecular flexibility index (Phi) is 50.4. The minimum atomic E-state index is -0.811. The Morgan fingerprint density at radius 2 is 0.631 bits per heavy atom. The lowest BCUT2D eigenvalue weighted by Gasteiger charge is -2.18. The van der Waals surface area contributed by atoms with E-state index in [0.717, 1.165) is 83.5 Å². The van der Waals surface area contributed by atoms with Gasteiger partial charge in [0.25, 0.3) is 0 Å². The number of hydrogen-bond acceptors (Lipinski definition) is 6. The first-order chi connectivity index (χ1) is 32.0. The summed E-state index contributed by atoms with van der Waals surface area (Å²) in [5.41, 5.74) is 0. The van der Waals surface area contributed by atoms with E-state index >= 15 is 0 Å². The SMILES string of the molecule is CC/C=C\C/C=C\C/C=C\C/C=C\CCC(=O)OCC(COC(=O)CCCCCCCCCCC/C=C\C/C=C\CCCCC)OC(=O)CCCCCCC/C=C\CCCCCCCC. The number of hydrogen-bond donors (Lipinski definition) is 0. The fraction of sp³-hybridized carbons (Fsp3) is 0.712. The Bertz CT molecular complexity index is 1270. The average molecular weight is 905 g/mol. The van der Waals surface area contributed by atoms with Crippen LogP contribution in [0.1, 0.15) is 252 Å². The zero-order valence-electron chi connectivity index (χ0n) is 42.5. The maximum Gasteiger partial charge on any atom is 0.306 e. The Balaban J connectivity index is 4.44. The van der Waals surface area contributed by atoms with Crippen molar-refractivity contribution >= 4 is 17.9 Å². The molecule has 0 spiro atoms. The molecule has 0 aliphatic carbocycles. The smallest absolute Gasteiger partial charge is 0.306 e. The van der Waals surface area contributed by atoms with Gasteiger partial charge in [0.2, 0.25) is 0 Å². The molecule has 0 saturated carbocycles. The summed E-state index contributed by atoms with van der Waals surface area (Å²) >= 11 is 0. The lowest BCUT2D eigenvalue weighted by atomic mass is 10.1. The highest BCUT2D eigenvalue weighted by atomic mass is 16.6. The van der Waals surface area contributed by atoms with Gasteiger partial charge in [0.1, 0.15) is 13.2 Å². The Labute approximate surface area is 401 Å². The second kappa shape index (κ2) is 53.2. The van der Waals surface area contributed by atoms with E-state index in [-0.39, 0.29) is 37.5 Å². The molecule has 1 atom stereocenters. The summed E-state index contributed by atoms with van der Waals surface area (Å²) in [6.07, 6.45) is 68.7. The van der Waals surface area contributed by atoms with Gasteiger partial charge in [-0.15, -0.1) is 0 Å². The molecule has 0 N–H and O–H groups in total. The van der Waals surface area contributed by atoms with Gasteiger partial charge in [0, 0.05) is 19.3 Å². The number of ether oxygens (including phenoxy) is 3. The van der Waals surface area contributed by atoms with Gasteiger partial charge in [-0.2, -0.15) is 0 Å². The highest BCUT2D eigenvalue weighted by Gasteiger charge is 2.19. The van der Waals surface area contributed by atoms with Crippen LogP contribution in [0.5, 0.6) is 0 Å². The van der Waals surface area contributed by atoms with Gasteiger partial charge >= 0.3 is 17.9 Å². The van der Waals surface area contributed by atoms with Crippen molar-refractivity contribution in [3.05, 3.63) is 85.1 Å². The highest BCUT2D eigenvalue weighted by molar-refractivity contribution is 5.71. The molecule has 0 rings (SSSR count). The van der Waals surface area contributed by atoms with Crippen molar-refractivity contribution in [1.82, 2.24) is 0 Å². The van der Waals surface area contributed by atoms with E-state index < -0.39 is 6.10 Å². The first-order valence-corrected chi connectivity index (χ1v) is 27.1. The molecule has 0 aliphatic heterocycles. The summed E-state index contributed by atoms with van der Waals surface area (Å²) in [6, 6.07) is 0. The van der Waals surface area contributed by atoms with Crippen LogP contribution >= 0.6 is 0 Å². The molecule has 65 heavy (non-hydrogen) atoms. The predicted octanol–water partition coefficient (Wildman–Crippen LogP) is 18.0. The average Bonchev–Trinajstić information content (AvgIpc) is 3.30. The number of rotatable bonds is 48. The van der Waals surface area contributed by atoms with Crippen molar-refractivity contribution in [2.24, 2.45) is 0 Å². The molecule has 0 aromatic carbocycles. The quantitative estimate of drug-likeness (QED) is 0.0262. The van der Waals surface area contributed by atoms with E-state index in [2.05, 4.69) is 93.7 Å². The first kappa shape index (κ1) is 61.6. The molecule has 1 unspecified atom stereocenters. The molecule has 0 saturated heterocycles. The highest BCUT2D eigenvalue weighted by Crippen LogP contribution is 2.14. The second-order valence-electron chi connectivity index (χ2n) is 17.7. The van der Waals surface area contributed by atoms with E-state index in [1.54, 1.807) is 0 Å². The van der Waals surface area contributed by atoms with Crippen molar-refractivity contribution < 1.29 is 28.6 Å². The predicted molar refractivity (Wildman–Crippen MR) is 279 cm³/mol. The van der Waals surface area contributed by atoms with Crippen molar-refractivity contribution in [3.63, 3.8) is 0 Å². The summed E-state index contributed by atoms with van der Waals surface area (Å²) in [5.74, 6) is -1.000. The third-order valence-electron chi connectivity index (χ3n) is 11.4. The Hall–Kier alpha value is -3.41. The topological polar surface area (TPSA) is 78.9 Å². The van der Waals surface area contributed by atoms with Crippen molar-refractivity contribution in [2.45, 2.75) is 258 Å². The first-order valence-electron chi connectivity index (χ1n) is 27.1. The lowest BCUT2D eigenvalue weighted by Crippen LogP contribution is -2.30. The maximum atomic E-state index is 12.8. The number of carbonyl (C=O) groups excluding carboxylic acids is 3. The molecule has 0 radical (unpaired) electrons. The maximum absolute atomic E-state index is 12.8.